The molecule has 5 heteroatoms. The second-order valence-corrected chi connectivity index (χ2v) is 6.80. The van der Waals surface area contributed by atoms with E-state index >= 15 is 0 Å². The van der Waals surface area contributed by atoms with Crippen LogP contribution in [0.5, 0.6) is 0 Å². The van der Waals surface area contributed by atoms with E-state index in [1.807, 2.05) is 0 Å². The van der Waals surface area contributed by atoms with E-state index < -0.39 is 0 Å². The zero-order valence-corrected chi connectivity index (χ0v) is 13.3. The second kappa shape index (κ2) is 6.88. The third-order valence-electron chi connectivity index (χ3n) is 4.68. The van der Waals surface area contributed by atoms with Crippen LogP contribution in [0.3, 0.4) is 0 Å². The molecule has 0 saturated carbocycles. The van der Waals surface area contributed by atoms with Crippen LogP contribution in [0.4, 0.5) is 0 Å². The highest BCUT2D eigenvalue weighted by molar-refractivity contribution is 4.99. The minimum Gasteiger partial charge on any atom is -0.381 e. The molecule has 0 spiro atoms. The third-order valence-corrected chi connectivity index (χ3v) is 4.68. The highest BCUT2D eigenvalue weighted by Crippen LogP contribution is 2.28. The van der Waals surface area contributed by atoms with Crippen molar-refractivity contribution in [3.63, 3.8) is 0 Å². The van der Waals surface area contributed by atoms with Gasteiger partial charge in [-0.05, 0) is 44.7 Å². The highest BCUT2D eigenvalue weighted by atomic mass is 16.5. The Hall–Kier alpha value is -0.940. The van der Waals surface area contributed by atoms with E-state index in [1.165, 1.54) is 19.4 Å². The van der Waals surface area contributed by atoms with E-state index in [-0.39, 0.29) is 0 Å². The fraction of sp³-hybridized carbons (Fsp3) is 0.875. The summed E-state index contributed by atoms with van der Waals surface area (Å²) in [5, 5.41) is 4.09. The number of ether oxygens (including phenoxy) is 1. The maximum absolute atomic E-state index is 5.58. The Morgan fingerprint density at radius 3 is 2.67 bits per heavy atom. The molecule has 1 aromatic heterocycles. The van der Waals surface area contributed by atoms with Gasteiger partial charge in [0.25, 0.3) is 0 Å². The molecule has 2 saturated heterocycles. The van der Waals surface area contributed by atoms with Crippen LogP contribution in [0.15, 0.2) is 4.52 Å². The molecule has 0 N–H and O–H groups in total. The molecule has 2 aliphatic heterocycles. The molecular weight excluding hydrogens is 266 g/mol. The van der Waals surface area contributed by atoms with Crippen molar-refractivity contribution in [2.24, 2.45) is 5.92 Å². The molecule has 0 bridgehead atoms. The molecule has 0 radical (unpaired) electrons. The first kappa shape index (κ1) is 15.0. The molecule has 3 rings (SSSR count). The number of hydrogen-bond acceptors (Lipinski definition) is 5. The lowest BCUT2D eigenvalue weighted by Gasteiger charge is -2.34. The molecule has 0 unspecified atom stereocenters. The van der Waals surface area contributed by atoms with Crippen LogP contribution in [-0.4, -0.2) is 47.9 Å². The standard InChI is InChI=1S/C16H27N3O2/c1-12(2)15-17-16(21-18-15)14-5-7-19(8-6-14)10-13-4-3-9-20-11-13/h12-14H,3-11H2,1-2H3/t13-/m1/s1. The third kappa shape index (κ3) is 3.83. The van der Waals surface area contributed by atoms with Crippen LogP contribution in [0.2, 0.25) is 0 Å². The molecule has 0 aromatic carbocycles. The Balaban J connectivity index is 1.47. The quantitative estimate of drug-likeness (QED) is 0.854. The van der Waals surface area contributed by atoms with E-state index in [1.54, 1.807) is 0 Å². The van der Waals surface area contributed by atoms with E-state index in [9.17, 15) is 0 Å². The SMILES string of the molecule is CC(C)c1noc(C2CCN(C[C@H]3CCCOC3)CC2)n1. The van der Waals surface area contributed by atoms with E-state index in [2.05, 4.69) is 28.9 Å². The minimum atomic E-state index is 0.342. The van der Waals surface area contributed by atoms with E-state index in [4.69, 9.17) is 9.26 Å². The van der Waals surface area contributed by atoms with Gasteiger partial charge in [0.1, 0.15) is 0 Å². The molecule has 1 atom stereocenters. The zero-order chi connectivity index (χ0) is 14.7. The molecule has 118 valence electrons. The summed E-state index contributed by atoms with van der Waals surface area (Å²) >= 11 is 0. The normalized spacial score (nSPS) is 25.6. The summed E-state index contributed by atoms with van der Waals surface area (Å²) in [6, 6.07) is 0. The van der Waals surface area contributed by atoms with Crippen molar-refractivity contribution in [2.75, 3.05) is 32.8 Å². The van der Waals surface area contributed by atoms with Gasteiger partial charge in [-0.1, -0.05) is 19.0 Å². The Labute approximate surface area is 127 Å². The van der Waals surface area contributed by atoms with Gasteiger partial charge in [0.15, 0.2) is 5.82 Å². The van der Waals surface area contributed by atoms with Gasteiger partial charge in [0.05, 0.1) is 6.61 Å². The molecular formula is C16H27N3O2. The predicted octanol–water partition coefficient (Wildman–Crippen LogP) is 2.80. The van der Waals surface area contributed by atoms with Crippen LogP contribution in [0, 0.1) is 5.92 Å². The Bertz CT molecular complexity index is 432. The van der Waals surface area contributed by atoms with E-state index in [0.29, 0.717) is 11.8 Å². The number of likely N-dealkylation sites (tertiary alicyclic amines) is 1. The highest BCUT2D eigenvalue weighted by Gasteiger charge is 2.27. The lowest BCUT2D eigenvalue weighted by molar-refractivity contribution is 0.0340. The molecule has 3 heterocycles. The summed E-state index contributed by atoms with van der Waals surface area (Å²) in [4.78, 5) is 7.14. The molecule has 2 aliphatic rings. The lowest BCUT2D eigenvalue weighted by Crippen LogP contribution is -2.38. The van der Waals surface area contributed by atoms with Crippen molar-refractivity contribution in [1.29, 1.82) is 0 Å². The van der Waals surface area contributed by atoms with Crippen molar-refractivity contribution in [1.82, 2.24) is 15.0 Å². The molecule has 1 aromatic rings. The summed E-state index contributed by atoms with van der Waals surface area (Å²) < 4.78 is 11.0. The maximum atomic E-state index is 5.58. The fourth-order valence-corrected chi connectivity index (χ4v) is 3.33. The smallest absolute Gasteiger partial charge is 0.229 e. The van der Waals surface area contributed by atoms with Crippen molar-refractivity contribution in [3.05, 3.63) is 11.7 Å². The molecule has 0 aliphatic carbocycles. The van der Waals surface area contributed by atoms with Crippen molar-refractivity contribution in [3.8, 4) is 0 Å². The zero-order valence-electron chi connectivity index (χ0n) is 13.3. The first-order chi connectivity index (χ1) is 10.2. The van der Waals surface area contributed by atoms with Crippen molar-refractivity contribution in [2.45, 2.75) is 51.4 Å². The Morgan fingerprint density at radius 2 is 2.05 bits per heavy atom. The van der Waals surface area contributed by atoms with Gasteiger partial charge in [0.2, 0.25) is 5.89 Å². The fourth-order valence-electron chi connectivity index (χ4n) is 3.33. The largest absolute Gasteiger partial charge is 0.381 e. The van der Waals surface area contributed by atoms with Crippen molar-refractivity contribution >= 4 is 0 Å². The van der Waals surface area contributed by atoms with Crippen LogP contribution in [0.25, 0.3) is 0 Å². The number of rotatable bonds is 4. The van der Waals surface area contributed by atoms with Crippen LogP contribution >= 0.6 is 0 Å². The van der Waals surface area contributed by atoms with Gasteiger partial charge >= 0.3 is 0 Å². The lowest BCUT2D eigenvalue weighted by atomic mass is 9.94. The van der Waals surface area contributed by atoms with E-state index in [0.717, 1.165) is 56.8 Å². The van der Waals surface area contributed by atoms with Crippen LogP contribution in [-0.2, 0) is 4.74 Å². The number of nitrogens with zero attached hydrogens (tertiary/aromatic N) is 3. The average molecular weight is 293 g/mol. The average Bonchev–Trinajstić information content (AvgIpc) is 2.99. The van der Waals surface area contributed by atoms with Gasteiger partial charge in [0, 0.05) is 25.0 Å². The Kier molecular flexibility index (Phi) is 4.91. The topological polar surface area (TPSA) is 51.4 Å². The van der Waals surface area contributed by atoms with Crippen molar-refractivity contribution < 1.29 is 9.26 Å². The summed E-state index contributed by atoms with van der Waals surface area (Å²) in [5.41, 5.74) is 0. The predicted molar refractivity (Wildman–Crippen MR) is 80.3 cm³/mol. The van der Waals surface area contributed by atoms with Gasteiger partial charge in [-0.15, -0.1) is 0 Å². The molecule has 5 nitrogen and oxygen atoms in total. The van der Waals surface area contributed by atoms with Crippen LogP contribution in [0.1, 0.15) is 63.1 Å². The molecule has 2 fully saturated rings. The van der Waals surface area contributed by atoms with Gasteiger partial charge in [-0.25, -0.2) is 0 Å². The maximum Gasteiger partial charge on any atom is 0.229 e. The van der Waals surface area contributed by atoms with Gasteiger partial charge < -0.3 is 14.2 Å². The van der Waals surface area contributed by atoms with Crippen LogP contribution < -0.4 is 0 Å². The number of aromatic nitrogens is 2. The Morgan fingerprint density at radius 1 is 1.24 bits per heavy atom. The minimum absolute atomic E-state index is 0.342. The van der Waals surface area contributed by atoms with Gasteiger partial charge in [-0.3, -0.25) is 0 Å². The summed E-state index contributed by atoms with van der Waals surface area (Å²) in [5.74, 6) is 3.20. The second-order valence-electron chi connectivity index (χ2n) is 6.80. The number of piperidine rings is 1. The summed E-state index contributed by atoms with van der Waals surface area (Å²) in [6.07, 6.45) is 4.81. The first-order valence-corrected chi connectivity index (χ1v) is 8.36. The summed E-state index contributed by atoms with van der Waals surface area (Å²) in [7, 11) is 0. The monoisotopic (exact) mass is 293 g/mol. The molecule has 0 amide bonds. The number of hydrogen-bond donors (Lipinski definition) is 0. The van der Waals surface area contributed by atoms with Gasteiger partial charge in [-0.2, -0.15) is 4.98 Å². The molecule has 21 heavy (non-hydrogen) atoms. The summed E-state index contributed by atoms with van der Waals surface area (Å²) in [6.45, 7) is 9.57. The first-order valence-electron chi connectivity index (χ1n) is 8.36.